The molecular formula is C13H17ClN4O2S. The molecule has 0 spiro atoms. The van der Waals surface area contributed by atoms with Gasteiger partial charge in [-0.15, -0.1) is 0 Å². The smallest absolute Gasteiger partial charge is 0.243 e. The first kappa shape index (κ1) is 16.0. The Labute approximate surface area is 129 Å². The van der Waals surface area contributed by atoms with Gasteiger partial charge < -0.3 is 5.73 Å². The van der Waals surface area contributed by atoms with Gasteiger partial charge in [-0.05, 0) is 23.8 Å². The van der Waals surface area contributed by atoms with E-state index in [0.29, 0.717) is 10.6 Å². The van der Waals surface area contributed by atoms with Gasteiger partial charge in [0, 0.05) is 44.0 Å². The van der Waals surface area contributed by atoms with Crippen LogP contribution in [0, 0.1) is 0 Å². The molecule has 0 aliphatic heterocycles. The molecule has 0 atom stereocenters. The molecule has 0 radical (unpaired) electrons. The maximum absolute atomic E-state index is 12.5. The van der Waals surface area contributed by atoms with Gasteiger partial charge in [0.05, 0.1) is 11.1 Å². The van der Waals surface area contributed by atoms with Crippen LogP contribution in [0.3, 0.4) is 0 Å². The van der Waals surface area contributed by atoms with Gasteiger partial charge in [0.15, 0.2) is 0 Å². The lowest BCUT2D eigenvalue weighted by Crippen LogP contribution is -2.26. The maximum atomic E-state index is 12.5. The van der Waals surface area contributed by atoms with Crippen LogP contribution >= 0.6 is 11.6 Å². The summed E-state index contributed by atoms with van der Waals surface area (Å²) in [6.45, 7) is 0.436. The van der Waals surface area contributed by atoms with Crippen molar-refractivity contribution < 1.29 is 8.42 Å². The first-order valence-electron chi connectivity index (χ1n) is 6.27. The molecule has 1 aromatic heterocycles. The zero-order valence-electron chi connectivity index (χ0n) is 11.8. The third kappa shape index (κ3) is 3.44. The number of aromatic nitrogens is 2. The molecule has 0 aliphatic rings. The second kappa shape index (κ2) is 6.15. The molecule has 114 valence electrons. The van der Waals surface area contributed by atoms with Crippen molar-refractivity contribution in [1.82, 2.24) is 14.1 Å². The standard InChI is InChI=1S/C13H17ClN4O2S/c1-17-8-10(7-16-17)9-18(2)21(19,20)12-3-4-13(14)11(5-12)6-15/h3-5,7-8H,6,9,15H2,1-2H3. The maximum Gasteiger partial charge on any atom is 0.243 e. The van der Waals surface area contributed by atoms with Crippen molar-refractivity contribution in [2.45, 2.75) is 18.0 Å². The van der Waals surface area contributed by atoms with E-state index >= 15 is 0 Å². The van der Waals surface area contributed by atoms with Crippen molar-refractivity contribution in [1.29, 1.82) is 0 Å². The van der Waals surface area contributed by atoms with E-state index in [1.165, 1.54) is 23.5 Å². The molecular weight excluding hydrogens is 312 g/mol. The lowest BCUT2D eigenvalue weighted by molar-refractivity contribution is 0.466. The summed E-state index contributed by atoms with van der Waals surface area (Å²) in [5, 5.41) is 4.49. The number of benzene rings is 1. The Kier molecular flexibility index (Phi) is 4.67. The van der Waals surface area contributed by atoms with Crippen molar-refractivity contribution in [2.24, 2.45) is 12.8 Å². The summed E-state index contributed by atoms with van der Waals surface area (Å²) < 4.78 is 28.0. The van der Waals surface area contributed by atoms with Crippen LogP contribution < -0.4 is 5.73 Å². The zero-order chi connectivity index (χ0) is 15.6. The van der Waals surface area contributed by atoms with Crippen molar-refractivity contribution in [3.8, 4) is 0 Å². The molecule has 1 aromatic carbocycles. The Morgan fingerprint density at radius 3 is 2.71 bits per heavy atom. The average Bonchev–Trinajstić information content (AvgIpc) is 2.84. The molecule has 0 saturated heterocycles. The van der Waals surface area contributed by atoms with Gasteiger partial charge in [-0.3, -0.25) is 4.68 Å². The van der Waals surface area contributed by atoms with Crippen molar-refractivity contribution in [3.63, 3.8) is 0 Å². The van der Waals surface area contributed by atoms with Crippen molar-refractivity contribution in [3.05, 3.63) is 46.7 Å². The molecule has 2 rings (SSSR count). The van der Waals surface area contributed by atoms with E-state index in [9.17, 15) is 8.42 Å². The third-order valence-corrected chi connectivity index (χ3v) is 5.28. The summed E-state index contributed by atoms with van der Waals surface area (Å²) >= 11 is 5.96. The molecule has 0 aliphatic carbocycles. The van der Waals surface area contributed by atoms with E-state index in [1.807, 2.05) is 0 Å². The lowest BCUT2D eigenvalue weighted by atomic mass is 10.2. The van der Waals surface area contributed by atoms with Gasteiger partial charge in [-0.2, -0.15) is 9.40 Å². The molecule has 1 heterocycles. The van der Waals surface area contributed by atoms with Crippen molar-refractivity contribution in [2.75, 3.05) is 7.05 Å². The molecule has 8 heteroatoms. The summed E-state index contributed by atoms with van der Waals surface area (Å²) in [6.07, 6.45) is 3.42. The van der Waals surface area contributed by atoms with Gasteiger partial charge >= 0.3 is 0 Å². The molecule has 0 unspecified atom stereocenters. The summed E-state index contributed by atoms with van der Waals surface area (Å²) in [7, 11) is -0.286. The number of nitrogens with two attached hydrogens (primary N) is 1. The van der Waals surface area contributed by atoms with E-state index in [-0.39, 0.29) is 18.0 Å². The lowest BCUT2D eigenvalue weighted by Gasteiger charge is -2.17. The third-order valence-electron chi connectivity index (χ3n) is 3.11. The predicted molar refractivity (Wildman–Crippen MR) is 81.2 cm³/mol. The largest absolute Gasteiger partial charge is 0.326 e. The fourth-order valence-corrected chi connectivity index (χ4v) is 3.35. The Morgan fingerprint density at radius 1 is 1.43 bits per heavy atom. The summed E-state index contributed by atoms with van der Waals surface area (Å²) in [5.74, 6) is 0. The van der Waals surface area contributed by atoms with Crippen LogP contribution in [0.2, 0.25) is 5.02 Å². The van der Waals surface area contributed by atoms with Crippen LogP contribution in [0.1, 0.15) is 11.1 Å². The summed E-state index contributed by atoms with van der Waals surface area (Å²) in [4.78, 5) is 0.179. The van der Waals surface area contributed by atoms with E-state index < -0.39 is 10.0 Å². The Balaban J connectivity index is 2.28. The highest BCUT2D eigenvalue weighted by atomic mass is 35.5. The van der Waals surface area contributed by atoms with Crippen LogP contribution in [-0.4, -0.2) is 29.6 Å². The fraction of sp³-hybridized carbons (Fsp3) is 0.308. The quantitative estimate of drug-likeness (QED) is 0.898. The van der Waals surface area contributed by atoms with E-state index in [1.54, 1.807) is 30.2 Å². The zero-order valence-corrected chi connectivity index (χ0v) is 13.4. The first-order valence-corrected chi connectivity index (χ1v) is 8.08. The minimum absolute atomic E-state index is 0.179. The Bertz CT molecular complexity index is 742. The molecule has 0 saturated carbocycles. The second-order valence-corrected chi connectivity index (χ2v) is 7.19. The van der Waals surface area contributed by atoms with Crippen LogP contribution in [0.4, 0.5) is 0 Å². The minimum Gasteiger partial charge on any atom is -0.326 e. The molecule has 2 N–H and O–H groups in total. The van der Waals surface area contributed by atoms with Gasteiger partial charge in [0.1, 0.15) is 0 Å². The van der Waals surface area contributed by atoms with E-state index in [0.717, 1.165) is 5.56 Å². The van der Waals surface area contributed by atoms with E-state index in [2.05, 4.69) is 5.10 Å². The van der Waals surface area contributed by atoms with Gasteiger partial charge in [-0.25, -0.2) is 8.42 Å². The fourth-order valence-electron chi connectivity index (χ4n) is 1.94. The van der Waals surface area contributed by atoms with Crippen LogP contribution in [0.25, 0.3) is 0 Å². The van der Waals surface area contributed by atoms with Crippen LogP contribution in [-0.2, 0) is 30.2 Å². The molecule has 6 nitrogen and oxygen atoms in total. The molecule has 2 aromatic rings. The Hall–Kier alpha value is -1.41. The van der Waals surface area contributed by atoms with E-state index in [4.69, 9.17) is 17.3 Å². The monoisotopic (exact) mass is 328 g/mol. The second-order valence-electron chi connectivity index (χ2n) is 4.74. The number of halogens is 1. The predicted octanol–water partition coefficient (Wildman–Crippen LogP) is 1.35. The topological polar surface area (TPSA) is 81.2 Å². The van der Waals surface area contributed by atoms with Crippen molar-refractivity contribution >= 4 is 21.6 Å². The molecule has 0 fully saturated rings. The Morgan fingerprint density at radius 2 is 2.14 bits per heavy atom. The minimum atomic E-state index is -3.60. The molecule has 21 heavy (non-hydrogen) atoms. The SMILES string of the molecule is CN(Cc1cnn(C)c1)S(=O)(=O)c1ccc(Cl)c(CN)c1. The molecule has 0 amide bonds. The highest BCUT2D eigenvalue weighted by Gasteiger charge is 2.22. The number of sulfonamides is 1. The molecule has 0 bridgehead atoms. The highest BCUT2D eigenvalue weighted by Crippen LogP contribution is 2.23. The number of hydrogen-bond donors (Lipinski definition) is 1. The van der Waals surface area contributed by atoms with Gasteiger partial charge in [0.25, 0.3) is 0 Å². The highest BCUT2D eigenvalue weighted by molar-refractivity contribution is 7.89. The first-order chi connectivity index (χ1) is 9.84. The average molecular weight is 329 g/mol. The normalized spacial score (nSPS) is 12.0. The van der Waals surface area contributed by atoms with Crippen LogP contribution in [0.15, 0.2) is 35.5 Å². The van der Waals surface area contributed by atoms with Crippen LogP contribution in [0.5, 0.6) is 0 Å². The van der Waals surface area contributed by atoms with Gasteiger partial charge in [0.2, 0.25) is 10.0 Å². The number of rotatable bonds is 5. The summed E-state index contributed by atoms with van der Waals surface area (Å²) in [5.41, 5.74) is 6.98. The number of hydrogen-bond acceptors (Lipinski definition) is 4. The number of nitrogens with zero attached hydrogens (tertiary/aromatic N) is 3. The number of aryl methyl sites for hydroxylation is 1. The summed E-state index contributed by atoms with van der Waals surface area (Å²) in [6, 6.07) is 4.54. The van der Waals surface area contributed by atoms with Gasteiger partial charge in [-0.1, -0.05) is 11.6 Å².